The summed E-state index contributed by atoms with van der Waals surface area (Å²) in [6.45, 7) is 1.66. The molecule has 0 spiro atoms. The molecule has 0 aliphatic heterocycles. The summed E-state index contributed by atoms with van der Waals surface area (Å²) in [5.41, 5.74) is 1.00. The predicted molar refractivity (Wildman–Crippen MR) is 79.4 cm³/mol. The zero-order valence-electron chi connectivity index (χ0n) is 11.8. The van der Waals surface area contributed by atoms with Gasteiger partial charge in [0.15, 0.2) is 11.5 Å². The molecule has 0 radical (unpaired) electrons. The van der Waals surface area contributed by atoms with E-state index in [0.29, 0.717) is 27.6 Å². The lowest BCUT2D eigenvalue weighted by molar-refractivity contribution is 0.198. The van der Waals surface area contributed by atoms with Gasteiger partial charge in [-0.2, -0.15) is 0 Å². The minimum absolute atomic E-state index is 0.00408. The van der Waals surface area contributed by atoms with E-state index in [-0.39, 0.29) is 6.61 Å². The number of rotatable bonds is 5. The molecule has 0 saturated heterocycles. The molecule has 0 unspecified atom stereocenters. The normalized spacial score (nSPS) is 12.0. The minimum atomic E-state index is -0.603. The summed E-state index contributed by atoms with van der Waals surface area (Å²) in [6, 6.07) is 9.57. The summed E-state index contributed by atoms with van der Waals surface area (Å²) in [5, 5.41) is 9.87. The molecule has 1 N–H and O–H groups in total. The highest BCUT2D eigenvalue weighted by Crippen LogP contribution is 2.31. The molecule has 112 valence electrons. The van der Waals surface area contributed by atoms with E-state index in [1.165, 1.54) is 13.2 Å². The Hall–Kier alpha value is -1.78. The first kappa shape index (κ1) is 15.6. The van der Waals surface area contributed by atoms with Gasteiger partial charge in [0.1, 0.15) is 12.4 Å². The highest BCUT2D eigenvalue weighted by atomic mass is 35.5. The fraction of sp³-hybridized carbons (Fsp3) is 0.250. The third-order valence-electron chi connectivity index (χ3n) is 3.10. The van der Waals surface area contributed by atoms with Crippen molar-refractivity contribution in [3.8, 4) is 11.5 Å². The number of ether oxygens (including phenoxy) is 2. The first-order valence-corrected chi connectivity index (χ1v) is 6.82. The Labute approximate surface area is 127 Å². The Morgan fingerprint density at radius 2 is 2.00 bits per heavy atom. The second-order valence-corrected chi connectivity index (χ2v) is 4.98. The van der Waals surface area contributed by atoms with E-state index < -0.39 is 11.9 Å². The maximum atomic E-state index is 13.7. The van der Waals surface area contributed by atoms with Crippen LogP contribution >= 0.6 is 11.6 Å². The number of methoxy groups -OCH3 is 1. The maximum Gasteiger partial charge on any atom is 0.161 e. The van der Waals surface area contributed by atoms with E-state index in [0.717, 1.165) is 0 Å². The molecule has 0 aliphatic rings. The number of hydrogen-bond acceptors (Lipinski definition) is 3. The molecule has 0 aromatic heterocycles. The lowest BCUT2D eigenvalue weighted by atomic mass is 10.1. The Kier molecular flexibility index (Phi) is 5.04. The summed E-state index contributed by atoms with van der Waals surface area (Å²) in [4.78, 5) is 0. The molecule has 2 aromatic rings. The fourth-order valence-corrected chi connectivity index (χ4v) is 2.10. The van der Waals surface area contributed by atoms with Gasteiger partial charge in [-0.05, 0) is 36.8 Å². The van der Waals surface area contributed by atoms with Crippen molar-refractivity contribution in [2.75, 3.05) is 7.11 Å². The predicted octanol–water partition coefficient (Wildman–Crippen LogP) is 4.12. The van der Waals surface area contributed by atoms with Gasteiger partial charge in [-0.1, -0.05) is 23.7 Å². The van der Waals surface area contributed by atoms with Gasteiger partial charge in [-0.15, -0.1) is 0 Å². The summed E-state index contributed by atoms with van der Waals surface area (Å²) >= 11 is 5.95. The van der Waals surface area contributed by atoms with Crippen molar-refractivity contribution in [1.29, 1.82) is 0 Å². The SMILES string of the molecule is COc1cc([C@@H](C)O)ccc1OCc1c(F)cccc1Cl. The van der Waals surface area contributed by atoms with Gasteiger partial charge in [0.05, 0.1) is 18.2 Å². The number of aliphatic hydroxyl groups is 1. The lowest BCUT2D eigenvalue weighted by Gasteiger charge is -2.14. The summed E-state index contributed by atoms with van der Waals surface area (Å²) in [5.74, 6) is 0.518. The molecule has 0 heterocycles. The molecule has 0 saturated carbocycles. The van der Waals surface area contributed by atoms with E-state index in [1.54, 1.807) is 37.3 Å². The molecule has 1 atom stereocenters. The first-order chi connectivity index (χ1) is 10.0. The van der Waals surface area contributed by atoms with Crippen LogP contribution in [0.3, 0.4) is 0 Å². The number of hydrogen-bond donors (Lipinski definition) is 1. The van der Waals surface area contributed by atoms with Crippen molar-refractivity contribution in [2.24, 2.45) is 0 Å². The Morgan fingerprint density at radius 1 is 1.24 bits per heavy atom. The van der Waals surface area contributed by atoms with Crippen LogP contribution in [0.15, 0.2) is 36.4 Å². The highest BCUT2D eigenvalue weighted by Gasteiger charge is 2.12. The van der Waals surface area contributed by atoms with Crippen LogP contribution in [0.2, 0.25) is 5.02 Å². The second-order valence-electron chi connectivity index (χ2n) is 4.58. The van der Waals surface area contributed by atoms with Crippen LogP contribution in [0, 0.1) is 5.82 Å². The number of benzene rings is 2. The van der Waals surface area contributed by atoms with Gasteiger partial charge >= 0.3 is 0 Å². The summed E-state index contributed by atoms with van der Waals surface area (Å²) in [7, 11) is 1.50. The Morgan fingerprint density at radius 3 is 2.62 bits per heavy atom. The van der Waals surface area contributed by atoms with Gasteiger partial charge in [0.2, 0.25) is 0 Å². The molecule has 21 heavy (non-hydrogen) atoms. The monoisotopic (exact) mass is 310 g/mol. The van der Waals surface area contributed by atoms with E-state index >= 15 is 0 Å². The molecule has 5 heteroatoms. The van der Waals surface area contributed by atoms with Crippen LogP contribution in [0.4, 0.5) is 4.39 Å². The topological polar surface area (TPSA) is 38.7 Å². The van der Waals surface area contributed by atoms with Crippen molar-refractivity contribution in [3.63, 3.8) is 0 Å². The maximum absolute atomic E-state index is 13.7. The average molecular weight is 311 g/mol. The standard InChI is InChI=1S/C16H16ClFO3/c1-10(19)11-6-7-15(16(8-11)20-2)21-9-12-13(17)4-3-5-14(12)18/h3-8,10,19H,9H2,1-2H3/t10-/m1/s1. The van der Waals surface area contributed by atoms with Crippen molar-refractivity contribution in [1.82, 2.24) is 0 Å². The van der Waals surface area contributed by atoms with E-state index in [2.05, 4.69) is 0 Å². The van der Waals surface area contributed by atoms with Crippen LogP contribution in [0.5, 0.6) is 11.5 Å². The van der Waals surface area contributed by atoms with Gasteiger partial charge < -0.3 is 14.6 Å². The van der Waals surface area contributed by atoms with Crippen molar-refractivity contribution < 1.29 is 19.0 Å². The average Bonchev–Trinajstić information content (AvgIpc) is 2.46. The molecule has 3 nitrogen and oxygen atoms in total. The first-order valence-electron chi connectivity index (χ1n) is 6.44. The molecule has 0 aliphatic carbocycles. The molecule has 2 aromatic carbocycles. The van der Waals surface area contributed by atoms with E-state index in [4.69, 9.17) is 21.1 Å². The zero-order chi connectivity index (χ0) is 15.4. The van der Waals surface area contributed by atoms with Crippen LogP contribution in [0.25, 0.3) is 0 Å². The third-order valence-corrected chi connectivity index (χ3v) is 3.46. The Bertz CT molecular complexity index is 609. The lowest BCUT2D eigenvalue weighted by Crippen LogP contribution is -2.02. The fourth-order valence-electron chi connectivity index (χ4n) is 1.88. The van der Waals surface area contributed by atoms with Gasteiger partial charge in [0.25, 0.3) is 0 Å². The second kappa shape index (κ2) is 6.78. The largest absolute Gasteiger partial charge is 0.493 e. The summed E-state index contributed by atoms with van der Waals surface area (Å²) in [6.07, 6.45) is -0.603. The minimum Gasteiger partial charge on any atom is -0.493 e. The molecule has 2 rings (SSSR count). The highest BCUT2D eigenvalue weighted by molar-refractivity contribution is 6.31. The number of halogens is 2. The Balaban J connectivity index is 2.20. The van der Waals surface area contributed by atoms with Gasteiger partial charge in [-0.25, -0.2) is 4.39 Å². The van der Waals surface area contributed by atoms with E-state index in [1.807, 2.05) is 0 Å². The summed E-state index contributed by atoms with van der Waals surface area (Å²) < 4.78 is 24.5. The smallest absolute Gasteiger partial charge is 0.161 e. The molecule has 0 bridgehead atoms. The van der Waals surface area contributed by atoms with Crippen molar-refractivity contribution in [2.45, 2.75) is 19.6 Å². The van der Waals surface area contributed by atoms with Crippen molar-refractivity contribution in [3.05, 3.63) is 58.4 Å². The van der Waals surface area contributed by atoms with Crippen molar-refractivity contribution >= 4 is 11.6 Å². The van der Waals surface area contributed by atoms with Gasteiger partial charge in [0, 0.05) is 5.56 Å². The van der Waals surface area contributed by atoms with Crippen LogP contribution in [-0.2, 0) is 6.61 Å². The van der Waals surface area contributed by atoms with Crippen LogP contribution < -0.4 is 9.47 Å². The molecule has 0 amide bonds. The number of aliphatic hydroxyl groups excluding tert-OH is 1. The van der Waals surface area contributed by atoms with Gasteiger partial charge in [-0.3, -0.25) is 0 Å². The quantitative estimate of drug-likeness (QED) is 0.903. The zero-order valence-corrected chi connectivity index (χ0v) is 12.5. The van der Waals surface area contributed by atoms with Crippen LogP contribution in [0.1, 0.15) is 24.2 Å². The molecule has 0 fully saturated rings. The molecular weight excluding hydrogens is 295 g/mol. The third kappa shape index (κ3) is 3.65. The van der Waals surface area contributed by atoms with E-state index in [9.17, 15) is 9.50 Å². The van der Waals surface area contributed by atoms with Crippen LogP contribution in [-0.4, -0.2) is 12.2 Å². The molecular formula is C16H16ClFO3.